The summed E-state index contributed by atoms with van der Waals surface area (Å²) in [5.41, 5.74) is 0.378. The van der Waals surface area contributed by atoms with Gasteiger partial charge in [-0.25, -0.2) is 13.2 Å². The summed E-state index contributed by atoms with van der Waals surface area (Å²) >= 11 is 5.80. The minimum absolute atomic E-state index is 0.0395. The summed E-state index contributed by atoms with van der Waals surface area (Å²) in [6, 6.07) is 11.7. The lowest BCUT2D eigenvalue weighted by Crippen LogP contribution is -2.35. The Labute approximate surface area is 174 Å². The van der Waals surface area contributed by atoms with Gasteiger partial charge in [-0.05, 0) is 55.3 Å². The molecule has 0 radical (unpaired) electrons. The smallest absolute Gasteiger partial charge is 0.338 e. The molecule has 3 rings (SSSR count). The number of amides is 1. The van der Waals surface area contributed by atoms with E-state index >= 15 is 0 Å². The maximum absolute atomic E-state index is 12.6. The molecule has 1 saturated carbocycles. The van der Waals surface area contributed by atoms with Crippen LogP contribution in [0.15, 0.2) is 53.4 Å². The van der Waals surface area contributed by atoms with Crippen molar-refractivity contribution in [3.8, 4) is 0 Å². The van der Waals surface area contributed by atoms with Crippen LogP contribution in [0.2, 0.25) is 5.02 Å². The molecule has 0 heterocycles. The molecule has 1 fully saturated rings. The number of ether oxygens (including phenoxy) is 1. The first-order valence-corrected chi connectivity index (χ1v) is 11.0. The van der Waals surface area contributed by atoms with E-state index in [1.165, 1.54) is 36.4 Å². The zero-order valence-corrected chi connectivity index (χ0v) is 17.1. The molecule has 2 aromatic rings. The summed E-state index contributed by atoms with van der Waals surface area (Å²) in [6.07, 6.45) is 4.02. The number of anilines is 1. The van der Waals surface area contributed by atoms with Crippen LogP contribution in [0, 0.1) is 0 Å². The first kappa shape index (κ1) is 21.1. The van der Waals surface area contributed by atoms with Crippen molar-refractivity contribution < 1.29 is 22.7 Å². The Kier molecular flexibility index (Phi) is 6.76. The van der Waals surface area contributed by atoms with Crippen LogP contribution in [-0.2, 0) is 19.6 Å². The van der Waals surface area contributed by atoms with Crippen molar-refractivity contribution in [2.24, 2.45) is 0 Å². The lowest BCUT2D eigenvalue weighted by Gasteiger charge is -2.12. The molecule has 0 atom stereocenters. The molecule has 1 amide bonds. The highest BCUT2D eigenvalue weighted by atomic mass is 35.5. The first-order valence-electron chi connectivity index (χ1n) is 9.18. The first-order chi connectivity index (χ1) is 13.8. The Bertz CT molecular complexity index is 986. The fourth-order valence-electron chi connectivity index (χ4n) is 3.08. The molecule has 0 spiro atoms. The third-order valence-electron chi connectivity index (χ3n) is 4.53. The molecular weight excluding hydrogens is 416 g/mol. The summed E-state index contributed by atoms with van der Waals surface area (Å²) in [5, 5.41) is 3.30. The third-order valence-corrected chi connectivity index (χ3v) is 6.16. The van der Waals surface area contributed by atoms with Crippen LogP contribution < -0.4 is 10.0 Å². The minimum Gasteiger partial charge on any atom is -0.452 e. The van der Waals surface area contributed by atoms with Crippen LogP contribution in [0.4, 0.5) is 5.69 Å². The predicted octanol–water partition coefficient (Wildman–Crippen LogP) is 3.36. The van der Waals surface area contributed by atoms with Crippen LogP contribution >= 0.6 is 11.6 Å². The molecule has 154 valence electrons. The molecule has 1 aliphatic carbocycles. The molecule has 2 aromatic carbocycles. The SMILES string of the molecule is O=C(COC(=O)c1cccc(S(=O)(=O)Nc2ccc(Cl)cc2)c1)NC1CCCC1. The van der Waals surface area contributed by atoms with E-state index in [0.717, 1.165) is 25.7 Å². The minimum atomic E-state index is -3.91. The highest BCUT2D eigenvalue weighted by Gasteiger charge is 2.20. The van der Waals surface area contributed by atoms with E-state index in [1.54, 1.807) is 12.1 Å². The maximum atomic E-state index is 12.6. The molecule has 9 heteroatoms. The standard InChI is InChI=1S/C20H21ClN2O5S/c21-15-8-10-17(11-9-15)23-29(26,27)18-7-3-4-14(12-18)20(25)28-13-19(24)22-16-5-1-2-6-16/h3-4,7-12,16,23H,1-2,5-6,13H2,(H,22,24). The van der Waals surface area contributed by atoms with Crippen LogP contribution in [0.25, 0.3) is 0 Å². The van der Waals surface area contributed by atoms with Crippen molar-refractivity contribution in [3.05, 3.63) is 59.1 Å². The van der Waals surface area contributed by atoms with Gasteiger partial charge >= 0.3 is 5.97 Å². The number of halogens is 1. The molecule has 0 unspecified atom stereocenters. The van der Waals surface area contributed by atoms with E-state index in [2.05, 4.69) is 10.0 Å². The van der Waals surface area contributed by atoms with E-state index in [9.17, 15) is 18.0 Å². The van der Waals surface area contributed by atoms with Gasteiger partial charge in [-0.1, -0.05) is 30.5 Å². The van der Waals surface area contributed by atoms with Crippen LogP contribution in [0.5, 0.6) is 0 Å². The molecule has 0 aliphatic heterocycles. The van der Waals surface area contributed by atoms with Gasteiger partial charge in [-0.3, -0.25) is 9.52 Å². The molecule has 0 saturated heterocycles. The Balaban J connectivity index is 1.62. The van der Waals surface area contributed by atoms with Crippen molar-refractivity contribution in [3.63, 3.8) is 0 Å². The maximum Gasteiger partial charge on any atom is 0.338 e. The van der Waals surface area contributed by atoms with Gasteiger partial charge in [0, 0.05) is 16.8 Å². The molecule has 2 N–H and O–H groups in total. The fraction of sp³-hybridized carbons (Fsp3) is 0.300. The highest BCUT2D eigenvalue weighted by molar-refractivity contribution is 7.92. The second-order valence-electron chi connectivity index (χ2n) is 6.77. The molecular formula is C20H21ClN2O5S. The van der Waals surface area contributed by atoms with Gasteiger partial charge in [0.15, 0.2) is 6.61 Å². The van der Waals surface area contributed by atoms with Gasteiger partial charge < -0.3 is 10.1 Å². The highest BCUT2D eigenvalue weighted by Crippen LogP contribution is 2.20. The Morgan fingerprint density at radius 2 is 1.76 bits per heavy atom. The largest absolute Gasteiger partial charge is 0.452 e. The van der Waals surface area contributed by atoms with Crippen molar-refractivity contribution in [1.29, 1.82) is 0 Å². The van der Waals surface area contributed by atoms with Crippen molar-refractivity contribution in [1.82, 2.24) is 5.32 Å². The molecule has 7 nitrogen and oxygen atoms in total. The Morgan fingerprint density at radius 1 is 1.07 bits per heavy atom. The van der Waals surface area contributed by atoms with E-state index in [0.29, 0.717) is 10.7 Å². The predicted molar refractivity (Wildman–Crippen MR) is 109 cm³/mol. The number of rotatable bonds is 7. The summed E-state index contributed by atoms with van der Waals surface area (Å²) in [4.78, 5) is 24.0. The average Bonchev–Trinajstić information content (AvgIpc) is 3.21. The number of hydrogen-bond donors (Lipinski definition) is 2. The number of carbonyl (C=O) groups excluding carboxylic acids is 2. The summed E-state index contributed by atoms with van der Waals surface area (Å²) in [6.45, 7) is -0.407. The zero-order valence-electron chi connectivity index (χ0n) is 15.6. The molecule has 1 aliphatic rings. The summed E-state index contributed by atoms with van der Waals surface area (Å²) in [5.74, 6) is -1.13. The average molecular weight is 437 g/mol. The van der Waals surface area contributed by atoms with Gasteiger partial charge in [0.05, 0.1) is 10.5 Å². The fourth-order valence-corrected chi connectivity index (χ4v) is 4.31. The quantitative estimate of drug-likeness (QED) is 0.648. The number of esters is 1. The van der Waals surface area contributed by atoms with Gasteiger partial charge in [-0.2, -0.15) is 0 Å². The summed E-state index contributed by atoms with van der Waals surface area (Å²) < 4.78 is 32.6. The normalized spacial score (nSPS) is 14.4. The van der Waals surface area contributed by atoms with E-state index in [4.69, 9.17) is 16.3 Å². The summed E-state index contributed by atoms with van der Waals surface area (Å²) in [7, 11) is -3.91. The Morgan fingerprint density at radius 3 is 2.45 bits per heavy atom. The van der Waals surface area contributed by atoms with Crippen molar-refractivity contribution in [2.75, 3.05) is 11.3 Å². The lowest BCUT2D eigenvalue weighted by molar-refractivity contribution is -0.124. The van der Waals surface area contributed by atoms with E-state index < -0.39 is 22.6 Å². The second kappa shape index (κ2) is 9.28. The topological polar surface area (TPSA) is 102 Å². The van der Waals surface area contributed by atoms with Crippen molar-refractivity contribution in [2.45, 2.75) is 36.6 Å². The van der Waals surface area contributed by atoms with E-state index in [1.807, 2.05) is 0 Å². The van der Waals surface area contributed by atoms with Crippen molar-refractivity contribution >= 4 is 39.2 Å². The van der Waals surface area contributed by atoms with E-state index in [-0.39, 0.29) is 22.4 Å². The molecule has 29 heavy (non-hydrogen) atoms. The van der Waals surface area contributed by atoms with Crippen LogP contribution in [-0.4, -0.2) is 32.9 Å². The van der Waals surface area contributed by atoms with Crippen LogP contribution in [0.3, 0.4) is 0 Å². The van der Waals surface area contributed by atoms with Crippen LogP contribution in [0.1, 0.15) is 36.0 Å². The number of hydrogen-bond acceptors (Lipinski definition) is 5. The van der Waals surface area contributed by atoms with Gasteiger partial charge in [-0.15, -0.1) is 0 Å². The number of nitrogens with one attached hydrogen (secondary N) is 2. The number of sulfonamides is 1. The Hall–Kier alpha value is -2.58. The second-order valence-corrected chi connectivity index (χ2v) is 8.88. The number of benzene rings is 2. The van der Waals surface area contributed by atoms with Gasteiger partial charge in [0.25, 0.3) is 15.9 Å². The molecule has 0 aromatic heterocycles. The monoisotopic (exact) mass is 436 g/mol. The lowest BCUT2D eigenvalue weighted by atomic mass is 10.2. The zero-order chi connectivity index (χ0) is 20.9. The number of carbonyl (C=O) groups is 2. The molecule has 0 bridgehead atoms. The van der Waals surface area contributed by atoms with Gasteiger partial charge in [0.2, 0.25) is 0 Å². The third kappa shape index (κ3) is 5.95. The van der Waals surface area contributed by atoms with Gasteiger partial charge in [0.1, 0.15) is 0 Å².